The van der Waals surface area contributed by atoms with Crippen LogP contribution in [0.5, 0.6) is 11.5 Å². The Bertz CT molecular complexity index is 349. The molecular formula is C12H16O4. The second-order valence-electron chi connectivity index (χ2n) is 3.62. The van der Waals surface area contributed by atoms with Gasteiger partial charge in [0.2, 0.25) is 0 Å². The zero-order chi connectivity index (χ0) is 12.0. The van der Waals surface area contributed by atoms with E-state index in [1.807, 2.05) is 6.92 Å². The Hall–Kier alpha value is -1.55. The summed E-state index contributed by atoms with van der Waals surface area (Å²) < 4.78 is 10.5. The standard InChI is InChI=1S/C12H16O4/c1-9(6-13)8-16-12-5-11(15-2)4-3-10(12)7-14/h3-5,7,9,13H,6,8H2,1-2H3. The van der Waals surface area contributed by atoms with Crippen molar-refractivity contribution in [1.82, 2.24) is 0 Å². The Morgan fingerprint density at radius 2 is 2.25 bits per heavy atom. The molecule has 4 heteroatoms. The Morgan fingerprint density at radius 1 is 1.50 bits per heavy atom. The summed E-state index contributed by atoms with van der Waals surface area (Å²) in [5, 5.41) is 8.87. The summed E-state index contributed by atoms with van der Waals surface area (Å²) in [7, 11) is 1.55. The maximum Gasteiger partial charge on any atom is 0.153 e. The number of ether oxygens (including phenoxy) is 2. The summed E-state index contributed by atoms with van der Waals surface area (Å²) in [6.45, 7) is 2.28. The molecule has 1 atom stereocenters. The van der Waals surface area contributed by atoms with E-state index in [0.29, 0.717) is 23.7 Å². The molecule has 1 aromatic carbocycles. The van der Waals surface area contributed by atoms with Crippen LogP contribution in [0.1, 0.15) is 17.3 Å². The molecule has 4 nitrogen and oxygen atoms in total. The zero-order valence-electron chi connectivity index (χ0n) is 9.47. The largest absolute Gasteiger partial charge is 0.497 e. The number of hydrogen-bond donors (Lipinski definition) is 1. The number of methoxy groups -OCH3 is 1. The van der Waals surface area contributed by atoms with E-state index in [-0.39, 0.29) is 12.5 Å². The fraction of sp³-hybridized carbons (Fsp3) is 0.417. The first-order chi connectivity index (χ1) is 7.71. The molecule has 88 valence electrons. The highest BCUT2D eigenvalue weighted by molar-refractivity contribution is 5.79. The minimum Gasteiger partial charge on any atom is -0.497 e. The fourth-order valence-corrected chi connectivity index (χ4v) is 1.15. The Labute approximate surface area is 94.8 Å². The van der Waals surface area contributed by atoms with Crippen molar-refractivity contribution in [2.75, 3.05) is 20.3 Å². The van der Waals surface area contributed by atoms with Crippen LogP contribution in [0, 0.1) is 5.92 Å². The number of aliphatic hydroxyl groups excluding tert-OH is 1. The van der Waals surface area contributed by atoms with Gasteiger partial charge in [0.15, 0.2) is 6.29 Å². The summed E-state index contributed by atoms with van der Waals surface area (Å²) in [6, 6.07) is 5.00. The second-order valence-corrected chi connectivity index (χ2v) is 3.62. The third-order valence-electron chi connectivity index (χ3n) is 2.18. The van der Waals surface area contributed by atoms with Crippen molar-refractivity contribution in [3.8, 4) is 11.5 Å². The molecule has 0 amide bonds. The van der Waals surface area contributed by atoms with Gasteiger partial charge in [-0.05, 0) is 12.1 Å². The van der Waals surface area contributed by atoms with Gasteiger partial charge in [-0.25, -0.2) is 0 Å². The molecule has 0 bridgehead atoms. The number of aliphatic hydroxyl groups is 1. The monoisotopic (exact) mass is 224 g/mol. The summed E-state index contributed by atoms with van der Waals surface area (Å²) in [5.41, 5.74) is 0.478. The normalized spacial score (nSPS) is 11.9. The summed E-state index contributed by atoms with van der Waals surface area (Å²) in [5.74, 6) is 1.15. The van der Waals surface area contributed by atoms with E-state index in [2.05, 4.69) is 0 Å². The highest BCUT2D eigenvalue weighted by atomic mass is 16.5. The fourth-order valence-electron chi connectivity index (χ4n) is 1.15. The molecule has 1 unspecified atom stereocenters. The Balaban J connectivity index is 2.79. The van der Waals surface area contributed by atoms with Gasteiger partial charge in [-0.3, -0.25) is 4.79 Å². The van der Waals surface area contributed by atoms with Crippen LogP contribution in [0.4, 0.5) is 0 Å². The molecule has 0 aliphatic heterocycles. The van der Waals surface area contributed by atoms with Crippen LogP contribution in [0.2, 0.25) is 0 Å². The van der Waals surface area contributed by atoms with E-state index in [1.54, 1.807) is 25.3 Å². The number of rotatable bonds is 6. The van der Waals surface area contributed by atoms with E-state index in [0.717, 1.165) is 6.29 Å². The van der Waals surface area contributed by atoms with Crippen LogP contribution in [0.15, 0.2) is 18.2 Å². The maximum atomic E-state index is 10.8. The first-order valence-electron chi connectivity index (χ1n) is 5.08. The molecule has 0 spiro atoms. The highest BCUT2D eigenvalue weighted by Gasteiger charge is 2.07. The van der Waals surface area contributed by atoms with Crippen molar-refractivity contribution in [2.24, 2.45) is 5.92 Å². The van der Waals surface area contributed by atoms with E-state index >= 15 is 0 Å². The van der Waals surface area contributed by atoms with E-state index < -0.39 is 0 Å². The van der Waals surface area contributed by atoms with Crippen LogP contribution in [-0.2, 0) is 0 Å². The average Bonchev–Trinajstić information content (AvgIpc) is 2.35. The third-order valence-corrected chi connectivity index (χ3v) is 2.18. The lowest BCUT2D eigenvalue weighted by Crippen LogP contribution is -2.12. The molecule has 1 N–H and O–H groups in total. The lowest BCUT2D eigenvalue weighted by Gasteiger charge is -2.12. The molecule has 0 aromatic heterocycles. The van der Waals surface area contributed by atoms with Gasteiger partial charge in [0.05, 0.1) is 19.3 Å². The van der Waals surface area contributed by atoms with Gasteiger partial charge in [0.25, 0.3) is 0 Å². The van der Waals surface area contributed by atoms with Gasteiger partial charge in [-0.2, -0.15) is 0 Å². The van der Waals surface area contributed by atoms with Crippen molar-refractivity contribution in [1.29, 1.82) is 0 Å². The number of aldehydes is 1. The minimum absolute atomic E-state index is 0.0331. The number of carbonyl (C=O) groups is 1. The van der Waals surface area contributed by atoms with Crippen molar-refractivity contribution < 1.29 is 19.4 Å². The van der Waals surface area contributed by atoms with Gasteiger partial charge < -0.3 is 14.6 Å². The average molecular weight is 224 g/mol. The molecule has 16 heavy (non-hydrogen) atoms. The summed E-state index contributed by atoms with van der Waals surface area (Å²) in [6.07, 6.45) is 0.735. The molecule has 0 fully saturated rings. The molecule has 0 heterocycles. The van der Waals surface area contributed by atoms with Crippen molar-refractivity contribution >= 4 is 6.29 Å². The zero-order valence-corrected chi connectivity index (χ0v) is 9.47. The number of hydrogen-bond acceptors (Lipinski definition) is 4. The number of benzene rings is 1. The van der Waals surface area contributed by atoms with Crippen LogP contribution >= 0.6 is 0 Å². The SMILES string of the molecule is COc1ccc(C=O)c(OCC(C)CO)c1. The van der Waals surface area contributed by atoms with Crippen molar-refractivity contribution in [2.45, 2.75) is 6.92 Å². The molecular weight excluding hydrogens is 208 g/mol. The summed E-state index contributed by atoms with van der Waals surface area (Å²) >= 11 is 0. The highest BCUT2D eigenvalue weighted by Crippen LogP contribution is 2.23. The molecule has 0 aliphatic carbocycles. The van der Waals surface area contributed by atoms with E-state index in [9.17, 15) is 4.79 Å². The Kier molecular flexibility index (Phi) is 4.79. The Morgan fingerprint density at radius 3 is 2.81 bits per heavy atom. The molecule has 1 rings (SSSR count). The second kappa shape index (κ2) is 6.12. The predicted molar refractivity (Wildman–Crippen MR) is 60.1 cm³/mol. The van der Waals surface area contributed by atoms with Gasteiger partial charge >= 0.3 is 0 Å². The third kappa shape index (κ3) is 3.24. The molecule has 0 saturated heterocycles. The van der Waals surface area contributed by atoms with E-state index in [4.69, 9.17) is 14.6 Å². The van der Waals surface area contributed by atoms with Crippen LogP contribution in [0.25, 0.3) is 0 Å². The minimum atomic E-state index is 0.0331. The van der Waals surface area contributed by atoms with Crippen LogP contribution in [0.3, 0.4) is 0 Å². The van der Waals surface area contributed by atoms with Gasteiger partial charge in [-0.15, -0.1) is 0 Å². The van der Waals surface area contributed by atoms with Crippen LogP contribution in [-0.4, -0.2) is 31.7 Å². The van der Waals surface area contributed by atoms with Crippen molar-refractivity contribution in [3.05, 3.63) is 23.8 Å². The quantitative estimate of drug-likeness (QED) is 0.744. The maximum absolute atomic E-state index is 10.8. The lowest BCUT2D eigenvalue weighted by molar-refractivity contribution is 0.111. The topological polar surface area (TPSA) is 55.8 Å². The van der Waals surface area contributed by atoms with Gasteiger partial charge in [0.1, 0.15) is 11.5 Å². The van der Waals surface area contributed by atoms with Gasteiger partial charge in [-0.1, -0.05) is 6.92 Å². The first kappa shape index (κ1) is 12.5. The molecule has 1 aromatic rings. The smallest absolute Gasteiger partial charge is 0.153 e. The molecule has 0 saturated carbocycles. The van der Waals surface area contributed by atoms with Crippen molar-refractivity contribution in [3.63, 3.8) is 0 Å². The molecule has 0 aliphatic rings. The van der Waals surface area contributed by atoms with E-state index in [1.165, 1.54) is 0 Å². The van der Waals surface area contributed by atoms with Gasteiger partial charge in [0, 0.05) is 18.6 Å². The number of carbonyl (C=O) groups excluding carboxylic acids is 1. The van der Waals surface area contributed by atoms with Crippen LogP contribution < -0.4 is 9.47 Å². The predicted octanol–water partition coefficient (Wildman–Crippen LogP) is 1.51. The first-order valence-corrected chi connectivity index (χ1v) is 5.08. The lowest BCUT2D eigenvalue weighted by atomic mass is 10.2. The summed E-state index contributed by atoms with van der Waals surface area (Å²) in [4.78, 5) is 10.8. The molecule has 0 radical (unpaired) electrons.